The molecule has 1 aromatic rings. The Kier molecular flexibility index (Phi) is 4.79. The quantitative estimate of drug-likeness (QED) is 0.837. The largest absolute Gasteiger partial charge is 0.398 e. The van der Waals surface area contributed by atoms with Gasteiger partial charge < -0.3 is 11.1 Å². The number of anilines is 1. The van der Waals surface area contributed by atoms with Crippen molar-refractivity contribution in [1.82, 2.24) is 5.32 Å². The number of carbonyl (C=O) groups excluding carboxylic acids is 1. The third kappa shape index (κ3) is 3.73. The van der Waals surface area contributed by atoms with Crippen LogP contribution in [0.3, 0.4) is 0 Å². The van der Waals surface area contributed by atoms with E-state index in [1.165, 1.54) is 0 Å². The van der Waals surface area contributed by atoms with E-state index < -0.39 is 0 Å². The molecule has 1 rings (SSSR count). The molecular formula is C14H21BrN2O. The first-order valence-corrected chi connectivity index (χ1v) is 6.86. The summed E-state index contributed by atoms with van der Waals surface area (Å²) in [6.45, 7) is 9.23. The van der Waals surface area contributed by atoms with Gasteiger partial charge in [0, 0.05) is 16.7 Å². The predicted molar refractivity (Wildman–Crippen MR) is 79.5 cm³/mol. The zero-order chi connectivity index (χ0) is 13.9. The Morgan fingerprint density at radius 3 is 2.56 bits per heavy atom. The number of halogens is 1. The second kappa shape index (κ2) is 5.74. The number of nitrogens with two attached hydrogens (primary N) is 1. The number of benzene rings is 1. The van der Waals surface area contributed by atoms with E-state index in [0.29, 0.717) is 23.7 Å². The highest BCUT2D eigenvalue weighted by Crippen LogP contribution is 2.25. The molecule has 0 bridgehead atoms. The number of amides is 1. The van der Waals surface area contributed by atoms with Crippen LogP contribution in [-0.4, -0.2) is 12.5 Å². The van der Waals surface area contributed by atoms with Crippen molar-refractivity contribution in [2.75, 3.05) is 12.3 Å². The van der Waals surface area contributed by atoms with Crippen molar-refractivity contribution in [3.8, 4) is 0 Å². The van der Waals surface area contributed by atoms with Crippen LogP contribution in [0.4, 0.5) is 5.69 Å². The summed E-state index contributed by atoms with van der Waals surface area (Å²) in [7, 11) is 0. The molecule has 0 radical (unpaired) electrons. The highest BCUT2D eigenvalue weighted by atomic mass is 79.9. The van der Waals surface area contributed by atoms with Crippen molar-refractivity contribution >= 4 is 27.5 Å². The highest BCUT2D eigenvalue weighted by Gasteiger charge is 2.23. The van der Waals surface area contributed by atoms with Crippen molar-refractivity contribution in [3.05, 3.63) is 28.2 Å². The van der Waals surface area contributed by atoms with E-state index in [1.807, 2.05) is 6.07 Å². The molecule has 3 nitrogen and oxygen atoms in total. The van der Waals surface area contributed by atoms with Crippen molar-refractivity contribution in [2.45, 2.75) is 27.7 Å². The maximum Gasteiger partial charge on any atom is 0.253 e. The fourth-order valence-corrected chi connectivity index (χ4v) is 1.73. The molecule has 3 N–H and O–H groups in total. The lowest BCUT2D eigenvalue weighted by molar-refractivity contribution is 0.0925. The standard InChI is InChI=1S/C14H21BrN2O/c1-9(2)14(3,4)8-17-13(18)11-6-5-10(15)7-12(11)16/h5-7,9H,8,16H2,1-4H3,(H,17,18). The van der Waals surface area contributed by atoms with Crippen LogP contribution in [0.5, 0.6) is 0 Å². The molecule has 0 spiro atoms. The minimum absolute atomic E-state index is 0.0692. The Bertz CT molecular complexity index is 441. The second-order valence-electron chi connectivity index (χ2n) is 5.56. The Morgan fingerprint density at radius 1 is 1.44 bits per heavy atom. The number of carbonyl (C=O) groups is 1. The molecule has 0 saturated heterocycles. The summed E-state index contributed by atoms with van der Waals surface area (Å²) in [5.41, 5.74) is 6.92. The van der Waals surface area contributed by atoms with Crippen molar-refractivity contribution in [2.24, 2.45) is 11.3 Å². The topological polar surface area (TPSA) is 55.1 Å². The van der Waals surface area contributed by atoms with Gasteiger partial charge in [0.25, 0.3) is 5.91 Å². The third-order valence-corrected chi connectivity index (χ3v) is 4.02. The van der Waals surface area contributed by atoms with Crippen molar-refractivity contribution < 1.29 is 4.79 Å². The number of hydrogen-bond donors (Lipinski definition) is 2. The van der Waals surface area contributed by atoms with Crippen LogP contribution in [0.25, 0.3) is 0 Å². The Labute approximate surface area is 117 Å². The van der Waals surface area contributed by atoms with Gasteiger partial charge in [-0.1, -0.05) is 43.6 Å². The Morgan fingerprint density at radius 2 is 2.06 bits per heavy atom. The van der Waals surface area contributed by atoms with Crippen LogP contribution in [0, 0.1) is 11.3 Å². The molecule has 1 aromatic carbocycles. The molecule has 0 aliphatic carbocycles. The predicted octanol–water partition coefficient (Wildman–Crippen LogP) is 3.44. The summed E-state index contributed by atoms with van der Waals surface area (Å²) >= 11 is 3.32. The zero-order valence-electron chi connectivity index (χ0n) is 11.4. The average Bonchev–Trinajstić information content (AvgIpc) is 2.25. The van der Waals surface area contributed by atoms with E-state index in [2.05, 4.69) is 48.9 Å². The first kappa shape index (κ1) is 15.0. The van der Waals surface area contributed by atoms with E-state index in [9.17, 15) is 4.79 Å². The van der Waals surface area contributed by atoms with Gasteiger partial charge in [-0.3, -0.25) is 4.79 Å². The smallest absolute Gasteiger partial charge is 0.253 e. The second-order valence-corrected chi connectivity index (χ2v) is 6.47. The maximum atomic E-state index is 12.0. The molecule has 18 heavy (non-hydrogen) atoms. The fourth-order valence-electron chi connectivity index (χ4n) is 1.35. The van der Waals surface area contributed by atoms with Gasteiger partial charge in [-0.25, -0.2) is 0 Å². The minimum atomic E-state index is -0.117. The van der Waals surface area contributed by atoms with Gasteiger partial charge in [0.05, 0.1) is 5.56 Å². The number of hydrogen-bond acceptors (Lipinski definition) is 2. The fraction of sp³-hybridized carbons (Fsp3) is 0.500. The average molecular weight is 313 g/mol. The monoisotopic (exact) mass is 312 g/mol. The van der Waals surface area contributed by atoms with Crippen molar-refractivity contribution in [1.29, 1.82) is 0 Å². The summed E-state index contributed by atoms with van der Waals surface area (Å²) in [6.07, 6.45) is 0. The first-order valence-electron chi connectivity index (χ1n) is 6.07. The maximum absolute atomic E-state index is 12.0. The van der Waals surface area contributed by atoms with Gasteiger partial charge in [0.15, 0.2) is 0 Å². The van der Waals surface area contributed by atoms with Gasteiger partial charge in [0.2, 0.25) is 0 Å². The lowest BCUT2D eigenvalue weighted by atomic mass is 9.81. The van der Waals surface area contributed by atoms with E-state index in [1.54, 1.807) is 12.1 Å². The molecular weight excluding hydrogens is 292 g/mol. The van der Waals surface area contributed by atoms with E-state index in [4.69, 9.17) is 5.73 Å². The molecule has 4 heteroatoms. The van der Waals surface area contributed by atoms with Crippen LogP contribution in [0.1, 0.15) is 38.1 Å². The number of nitrogen functional groups attached to an aromatic ring is 1. The van der Waals surface area contributed by atoms with Crippen LogP contribution in [0.2, 0.25) is 0 Å². The molecule has 100 valence electrons. The molecule has 1 amide bonds. The highest BCUT2D eigenvalue weighted by molar-refractivity contribution is 9.10. The summed E-state index contributed by atoms with van der Waals surface area (Å²) in [6, 6.07) is 5.29. The van der Waals surface area contributed by atoms with E-state index in [0.717, 1.165) is 4.47 Å². The third-order valence-electron chi connectivity index (χ3n) is 3.53. The summed E-state index contributed by atoms with van der Waals surface area (Å²) in [5.74, 6) is 0.383. The van der Waals surface area contributed by atoms with Gasteiger partial charge in [0.1, 0.15) is 0 Å². The van der Waals surface area contributed by atoms with Crippen molar-refractivity contribution in [3.63, 3.8) is 0 Å². The molecule has 0 aliphatic heterocycles. The lowest BCUT2D eigenvalue weighted by Crippen LogP contribution is -2.37. The molecule has 0 aliphatic rings. The van der Waals surface area contributed by atoms with Crippen LogP contribution in [-0.2, 0) is 0 Å². The molecule has 0 aromatic heterocycles. The van der Waals surface area contributed by atoms with Gasteiger partial charge in [-0.2, -0.15) is 0 Å². The lowest BCUT2D eigenvalue weighted by Gasteiger charge is -2.29. The summed E-state index contributed by atoms with van der Waals surface area (Å²) in [4.78, 5) is 12.0. The van der Waals surface area contributed by atoms with Gasteiger partial charge >= 0.3 is 0 Å². The first-order chi connectivity index (χ1) is 8.24. The molecule has 0 atom stereocenters. The molecule has 0 heterocycles. The van der Waals surface area contributed by atoms with E-state index in [-0.39, 0.29) is 11.3 Å². The summed E-state index contributed by atoms with van der Waals surface area (Å²) in [5, 5.41) is 2.95. The Balaban J connectivity index is 2.72. The SMILES string of the molecule is CC(C)C(C)(C)CNC(=O)c1ccc(Br)cc1N. The number of rotatable bonds is 4. The van der Waals surface area contributed by atoms with Crippen LogP contribution >= 0.6 is 15.9 Å². The minimum Gasteiger partial charge on any atom is -0.398 e. The Hall–Kier alpha value is -1.03. The molecule has 0 unspecified atom stereocenters. The zero-order valence-corrected chi connectivity index (χ0v) is 13.0. The normalized spacial score (nSPS) is 11.7. The van der Waals surface area contributed by atoms with Gasteiger partial charge in [-0.15, -0.1) is 0 Å². The van der Waals surface area contributed by atoms with Crippen LogP contribution < -0.4 is 11.1 Å². The van der Waals surface area contributed by atoms with Gasteiger partial charge in [-0.05, 0) is 29.5 Å². The molecule has 0 saturated carbocycles. The molecule has 0 fully saturated rings. The summed E-state index contributed by atoms with van der Waals surface area (Å²) < 4.78 is 0.874. The van der Waals surface area contributed by atoms with Crippen LogP contribution in [0.15, 0.2) is 22.7 Å². The number of nitrogens with one attached hydrogen (secondary N) is 1. The van der Waals surface area contributed by atoms with E-state index >= 15 is 0 Å².